The van der Waals surface area contributed by atoms with Crippen LogP contribution in [0.5, 0.6) is 5.75 Å². The van der Waals surface area contributed by atoms with Crippen LogP contribution in [0.15, 0.2) is 18.2 Å². The van der Waals surface area contributed by atoms with Gasteiger partial charge >= 0.3 is 0 Å². The summed E-state index contributed by atoms with van der Waals surface area (Å²) in [4.78, 5) is 11.0. The number of primary amides is 1. The number of aliphatic hydroxyl groups excluding tert-OH is 1. The van der Waals surface area contributed by atoms with Crippen LogP contribution < -0.4 is 10.5 Å². The molecule has 1 aliphatic rings. The van der Waals surface area contributed by atoms with Gasteiger partial charge in [0.2, 0.25) is 0 Å². The number of carbonyl (C=O) groups excluding carboxylic acids is 1. The Balaban J connectivity index is 2.29. The number of hydrogen-bond donors (Lipinski definition) is 2. The van der Waals surface area contributed by atoms with E-state index in [9.17, 15) is 9.90 Å². The number of benzene rings is 1. The molecule has 0 aliphatic heterocycles. The number of rotatable bonds is 3. The number of fused-ring (bicyclic) bond motifs is 1. The Labute approximate surface area is 100 Å². The van der Waals surface area contributed by atoms with Crippen LogP contribution in [-0.4, -0.2) is 17.1 Å². The smallest absolute Gasteiger partial charge is 0.258 e. The van der Waals surface area contributed by atoms with E-state index in [1.54, 1.807) is 6.92 Å². The van der Waals surface area contributed by atoms with E-state index in [0.717, 1.165) is 30.4 Å². The second-order valence-electron chi connectivity index (χ2n) is 4.39. The first-order valence-electron chi connectivity index (χ1n) is 5.85. The summed E-state index contributed by atoms with van der Waals surface area (Å²) in [7, 11) is 0. The van der Waals surface area contributed by atoms with Crippen LogP contribution in [0, 0.1) is 0 Å². The molecular formula is C13H17NO3. The van der Waals surface area contributed by atoms with Gasteiger partial charge in [0.05, 0.1) is 6.10 Å². The average molecular weight is 235 g/mol. The van der Waals surface area contributed by atoms with E-state index in [1.807, 2.05) is 18.2 Å². The summed E-state index contributed by atoms with van der Waals surface area (Å²) in [6, 6.07) is 5.55. The van der Waals surface area contributed by atoms with Crippen molar-refractivity contribution in [1.82, 2.24) is 0 Å². The van der Waals surface area contributed by atoms with Gasteiger partial charge in [-0.25, -0.2) is 0 Å². The molecule has 1 amide bonds. The molecule has 0 heterocycles. The fraction of sp³-hybridized carbons (Fsp3) is 0.462. The maximum Gasteiger partial charge on any atom is 0.258 e. The largest absolute Gasteiger partial charge is 0.481 e. The van der Waals surface area contributed by atoms with Gasteiger partial charge in [-0.1, -0.05) is 12.1 Å². The lowest BCUT2D eigenvalue weighted by atomic mass is 9.89. The quantitative estimate of drug-likeness (QED) is 0.829. The molecular weight excluding hydrogens is 218 g/mol. The molecule has 17 heavy (non-hydrogen) atoms. The van der Waals surface area contributed by atoms with Crippen LogP contribution in [0.3, 0.4) is 0 Å². The lowest BCUT2D eigenvalue weighted by Crippen LogP contribution is -2.31. The first kappa shape index (κ1) is 11.9. The van der Waals surface area contributed by atoms with Crippen molar-refractivity contribution < 1.29 is 14.6 Å². The first-order chi connectivity index (χ1) is 8.09. The summed E-state index contributed by atoms with van der Waals surface area (Å²) in [5.41, 5.74) is 7.08. The summed E-state index contributed by atoms with van der Waals surface area (Å²) in [5.74, 6) is 0.173. The van der Waals surface area contributed by atoms with E-state index in [0.29, 0.717) is 5.75 Å². The van der Waals surface area contributed by atoms with E-state index in [1.165, 1.54) is 0 Å². The van der Waals surface area contributed by atoms with Crippen LogP contribution in [0.2, 0.25) is 0 Å². The number of amides is 1. The van der Waals surface area contributed by atoms with Gasteiger partial charge in [0.25, 0.3) is 5.91 Å². The lowest BCUT2D eigenvalue weighted by Gasteiger charge is -2.24. The SMILES string of the molecule is C[C@@H](Oc1cccc2c1CCC[C@@H]2O)C(N)=O. The number of aliphatic hydroxyl groups is 1. The van der Waals surface area contributed by atoms with E-state index < -0.39 is 18.1 Å². The zero-order valence-corrected chi connectivity index (χ0v) is 9.85. The first-order valence-corrected chi connectivity index (χ1v) is 5.85. The van der Waals surface area contributed by atoms with Gasteiger partial charge < -0.3 is 15.6 Å². The third-order valence-electron chi connectivity index (χ3n) is 3.14. The van der Waals surface area contributed by atoms with Crippen molar-refractivity contribution >= 4 is 5.91 Å². The normalized spacial score (nSPS) is 20.5. The van der Waals surface area contributed by atoms with Gasteiger partial charge in [-0.3, -0.25) is 4.79 Å². The third kappa shape index (κ3) is 2.42. The molecule has 4 nitrogen and oxygen atoms in total. The molecule has 0 saturated carbocycles. The standard InChI is InChI=1S/C13H17NO3/c1-8(13(14)16)17-12-7-3-4-9-10(12)5-2-6-11(9)15/h3-4,7-8,11,15H,2,5-6H2,1H3,(H2,14,16)/t8-,11+/m1/s1. The maximum absolute atomic E-state index is 11.0. The van der Waals surface area contributed by atoms with E-state index in [2.05, 4.69) is 0 Å². The Morgan fingerprint density at radius 2 is 2.35 bits per heavy atom. The molecule has 0 bridgehead atoms. The van der Waals surface area contributed by atoms with Crippen LogP contribution in [0.4, 0.5) is 0 Å². The molecule has 0 unspecified atom stereocenters. The average Bonchev–Trinajstić information content (AvgIpc) is 2.30. The van der Waals surface area contributed by atoms with Gasteiger partial charge in [0.15, 0.2) is 6.10 Å². The highest BCUT2D eigenvalue weighted by atomic mass is 16.5. The second kappa shape index (κ2) is 4.75. The highest BCUT2D eigenvalue weighted by Gasteiger charge is 2.22. The Bertz CT molecular complexity index is 431. The van der Waals surface area contributed by atoms with Crippen LogP contribution in [-0.2, 0) is 11.2 Å². The molecule has 4 heteroatoms. The van der Waals surface area contributed by atoms with Crippen molar-refractivity contribution in [2.45, 2.75) is 38.4 Å². The molecule has 92 valence electrons. The van der Waals surface area contributed by atoms with Gasteiger partial charge in [0, 0.05) is 0 Å². The number of hydrogen-bond acceptors (Lipinski definition) is 3. The molecule has 1 aromatic carbocycles. The Hall–Kier alpha value is -1.55. The minimum atomic E-state index is -0.652. The van der Waals surface area contributed by atoms with E-state index >= 15 is 0 Å². The monoisotopic (exact) mass is 235 g/mol. The molecule has 1 aliphatic carbocycles. The van der Waals surface area contributed by atoms with Crippen molar-refractivity contribution in [2.75, 3.05) is 0 Å². The van der Waals surface area contributed by atoms with Crippen molar-refractivity contribution in [2.24, 2.45) is 5.73 Å². The zero-order chi connectivity index (χ0) is 12.4. The van der Waals surface area contributed by atoms with Gasteiger partial charge in [-0.05, 0) is 43.4 Å². The predicted molar refractivity (Wildman–Crippen MR) is 63.6 cm³/mol. The molecule has 3 N–H and O–H groups in total. The predicted octanol–water partition coefficient (Wildman–Crippen LogP) is 1.31. The summed E-state index contributed by atoms with van der Waals surface area (Å²) in [6.45, 7) is 1.63. The van der Waals surface area contributed by atoms with Crippen molar-refractivity contribution in [1.29, 1.82) is 0 Å². The molecule has 1 aromatic rings. The number of carbonyl (C=O) groups is 1. The van der Waals surface area contributed by atoms with Crippen molar-refractivity contribution in [3.8, 4) is 5.75 Å². The van der Waals surface area contributed by atoms with Crippen molar-refractivity contribution in [3.63, 3.8) is 0 Å². The second-order valence-corrected chi connectivity index (χ2v) is 4.39. The molecule has 2 atom stereocenters. The van der Waals surface area contributed by atoms with Gasteiger partial charge in [-0.2, -0.15) is 0 Å². The zero-order valence-electron chi connectivity index (χ0n) is 9.85. The molecule has 2 rings (SSSR count). The maximum atomic E-state index is 11.0. The summed E-state index contributed by atoms with van der Waals surface area (Å²) in [6.07, 6.45) is 1.50. The number of nitrogens with two attached hydrogens (primary N) is 1. The minimum absolute atomic E-state index is 0.425. The third-order valence-corrected chi connectivity index (χ3v) is 3.14. The minimum Gasteiger partial charge on any atom is -0.481 e. The molecule has 0 spiro atoms. The van der Waals surface area contributed by atoms with Crippen LogP contribution in [0.1, 0.15) is 37.0 Å². The molecule has 0 fully saturated rings. The van der Waals surface area contributed by atoms with Gasteiger partial charge in [-0.15, -0.1) is 0 Å². The van der Waals surface area contributed by atoms with Crippen molar-refractivity contribution in [3.05, 3.63) is 29.3 Å². The van der Waals surface area contributed by atoms with E-state index in [4.69, 9.17) is 10.5 Å². The lowest BCUT2D eigenvalue weighted by molar-refractivity contribution is -0.124. The summed E-state index contributed by atoms with van der Waals surface area (Å²) in [5, 5.41) is 9.88. The summed E-state index contributed by atoms with van der Waals surface area (Å²) < 4.78 is 5.54. The van der Waals surface area contributed by atoms with E-state index in [-0.39, 0.29) is 0 Å². The van der Waals surface area contributed by atoms with Crippen LogP contribution in [0.25, 0.3) is 0 Å². The topological polar surface area (TPSA) is 72.6 Å². The Kier molecular flexibility index (Phi) is 3.33. The number of ether oxygens (including phenoxy) is 1. The molecule has 0 aromatic heterocycles. The summed E-state index contributed by atoms with van der Waals surface area (Å²) >= 11 is 0. The van der Waals surface area contributed by atoms with Crippen LogP contribution >= 0.6 is 0 Å². The highest BCUT2D eigenvalue weighted by Crippen LogP contribution is 2.35. The fourth-order valence-corrected chi connectivity index (χ4v) is 2.15. The van der Waals surface area contributed by atoms with Gasteiger partial charge in [0.1, 0.15) is 5.75 Å². The molecule has 0 saturated heterocycles. The highest BCUT2D eigenvalue weighted by molar-refractivity contribution is 5.78. The fourth-order valence-electron chi connectivity index (χ4n) is 2.15. The Morgan fingerprint density at radius 3 is 3.06 bits per heavy atom. The molecule has 0 radical (unpaired) electrons. The Morgan fingerprint density at radius 1 is 1.59 bits per heavy atom.